The van der Waals surface area contributed by atoms with Crippen LogP contribution >= 0.6 is 0 Å². The molecule has 0 aliphatic carbocycles. The van der Waals surface area contributed by atoms with Gasteiger partial charge in [0.1, 0.15) is 10.6 Å². The van der Waals surface area contributed by atoms with Gasteiger partial charge in [-0.15, -0.1) is 0 Å². The summed E-state index contributed by atoms with van der Waals surface area (Å²) in [5.41, 5.74) is 5.38. The molecule has 1 rings (SSSR count). The third-order valence-electron chi connectivity index (χ3n) is 2.72. The Kier molecular flexibility index (Phi) is 3.29. The van der Waals surface area contributed by atoms with Crippen LogP contribution in [0.4, 0.5) is 4.39 Å². The summed E-state index contributed by atoms with van der Waals surface area (Å²) in [5.74, 6) is -1.61. The van der Waals surface area contributed by atoms with Gasteiger partial charge >= 0.3 is 0 Å². The van der Waals surface area contributed by atoms with Gasteiger partial charge in [0.15, 0.2) is 9.84 Å². The lowest BCUT2D eigenvalue weighted by molar-refractivity contribution is -0.119. The normalized spacial score (nSPS) is 12.5. The summed E-state index contributed by atoms with van der Waals surface area (Å²) in [5, 5.41) is 0. The lowest BCUT2D eigenvalue weighted by Crippen LogP contribution is -2.45. The predicted octanol–water partition coefficient (Wildman–Crippen LogP) is 1.17. The monoisotopic (exact) mass is 259 g/mol. The molecule has 1 amide bonds. The average Bonchev–Trinajstić information content (AvgIpc) is 2.21. The van der Waals surface area contributed by atoms with Crippen LogP contribution in [0.2, 0.25) is 0 Å². The third-order valence-corrected chi connectivity index (χ3v) is 5.14. The number of hydrogen-bond acceptors (Lipinski definition) is 3. The number of rotatable bonds is 3. The highest BCUT2D eigenvalue weighted by molar-refractivity contribution is 7.93. The van der Waals surface area contributed by atoms with Crippen molar-refractivity contribution < 1.29 is 17.6 Å². The highest BCUT2D eigenvalue weighted by atomic mass is 32.2. The second-order valence-corrected chi connectivity index (χ2v) is 6.79. The molecule has 2 N–H and O–H groups in total. The summed E-state index contributed by atoms with van der Waals surface area (Å²) >= 11 is 0. The van der Waals surface area contributed by atoms with E-state index in [2.05, 4.69) is 0 Å². The van der Waals surface area contributed by atoms with Crippen molar-refractivity contribution in [2.24, 2.45) is 5.73 Å². The van der Waals surface area contributed by atoms with E-state index in [1.54, 1.807) is 0 Å². The summed E-state index contributed by atoms with van der Waals surface area (Å²) in [6.07, 6.45) is 0. The van der Waals surface area contributed by atoms with Crippen LogP contribution in [0.25, 0.3) is 0 Å². The predicted molar refractivity (Wildman–Crippen MR) is 61.6 cm³/mol. The van der Waals surface area contributed by atoms with E-state index >= 15 is 0 Å². The van der Waals surface area contributed by atoms with Gasteiger partial charge in [-0.1, -0.05) is 6.07 Å². The number of carbonyl (C=O) groups excluding carboxylic acids is 1. The van der Waals surface area contributed by atoms with Gasteiger partial charge in [-0.05, 0) is 38.5 Å². The van der Waals surface area contributed by atoms with E-state index in [0.29, 0.717) is 5.56 Å². The van der Waals surface area contributed by atoms with Gasteiger partial charge in [0.05, 0.1) is 4.90 Å². The number of benzene rings is 1. The van der Waals surface area contributed by atoms with E-state index in [1.807, 2.05) is 0 Å². The molecule has 0 saturated carbocycles. The standard InChI is InChI=1S/C11H14FNO3S/c1-7-4-5-8(6-9(7)12)17(15,16)11(2,3)10(13)14/h4-6H,1-3H3,(H2,13,14). The van der Waals surface area contributed by atoms with Crippen LogP contribution in [0.3, 0.4) is 0 Å². The molecular weight excluding hydrogens is 245 g/mol. The molecule has 0 aromatic heterocycles. The molecule has 0 radical (unpaired) electrons. The molecule has 0 bridgehead atoms. The first-order valence-corrected chi connectivity index (χ1v) is 6.39. The van der Waals surface area contributed by atoms with Crippen molar-refractivity contribution in [1.29, 1.82) is 0 Å². The maximum Gasteiger partial charge on any atom is 0.238 e. The quantitative estimate of drug-likeness (QED) is 0.885. The molecule has 6 heteroatoms. The van der Waals surface area contributed by atoms with Gasteiger partial charge in [0.2, 0.25) is 5.91 Å². The lowest BCUT2D eigenvalue weighted by Gasteiger charge is -2.21. The second kappa shape index (κ2) is 4.10. The van der Waals surface area contributed by atoms with E-state index in [-0.39, 0.29) is 4.90 Å². The van der Waals surface area contributed by atoms with Crippen LogP contribution in [0, 0.1) is 12.7 Å². The van der Waals surface area contributed by atoms with Crippen molar-refractivity contribution in [3.8, 4) is 0 Å². The fraction of sp³-hybridized carbons (Fsp3) is 0.364. The molecule has 0 fully saturated rings. The Balaban J connectivity index is 3.42. The minimum atomic E-state index is -3.99. The fourth-order valence-electron chi connectivity index (χ4n) is 1.17. The van der Waals surface area contributed by atoms with Gasteiger partial charge in [-0.25, -0.2) is 12.8 Å². The average molecular weight is 259 g/mol. The number of aryl methyl sites for hydroxylation is 1. The molecule has 17 heavy (non-hydrogen) atoms. The summed E-state index contributed by atoms with van der Waals surface area (Å²) in [6.45, 7) is 3.91. The topological polar surface area (TPSA) is 77.2 Å². The van der Waals surface area contributed by atoms with E-state index < -0.39 is 26.3 Å². The largest absolute Gasteiger partial charge is 0.368 e. The first kappa shape index (κ1) is 13.6. The first-order chi connectivity index (χ1) is 7.60. The Morgan fingerprint density at radius 3 is 2.29 bits per heavy atom. The molecule has 1 aromatic rings. The molecule has 0 saturated heterocycles. The fourth-order valence-corrected chi connectivity index (χ4v) is 2.53. The summed E-state index contributed by atoms with van der Waals surface area (Å²) in [7, 11) is -3.99. The van der Waals surface area contributed by atoms with E-state index in [4.69, 9.17) is 5.73 Å². The molecule has 0 aliphatic heterocycles. The summed E-state index contributed by atoms with van der Waals surface area (Å²) in [6, 6.07) is 3.51. The van der Waals surface area contributed by atoms with Crippen molar-refractivity contribution in [1.82, 2.24) is 0 Å². The van der Waals surface area contributed by atoms with Crippen LogP contribution in [0.15, 0.2) is 23.1 Å². The van der Waals surface area contributed by atoms with Crippen molar-refractivity contribution in [2.45, 2.75) is 30.4 Å². The number of carbonyl (C=O) groups is 1. The number of nitrogens with two attached hydrogens (primary N) is 1. The highest BCUT2D eigenvalue weighted by Crippen LogP contribution is 2.26. The van der Waals surface area contributed by atoms with E-state index in [0.717, 1.165) is 6.07 Å². The van der Waals surface area contributed by atoms with Gasteiger partial charge < -0.3 is 5.73 Å². The van der Waals surface area contributed by atoms with Crippen LogP contribution < -0.4 is 5.73 Å². The Hall–Kier alpha value is -1.43. The third kappa shape index (κ3) is 2.17. The number of amides is 1. The van der Waals surface area contributed by atoms with E-state index in [9.17, 15) is 17.6 Å². The Morgan fingerprint density at radius 2 is 1.88 bits per heavy atom. The van der Waals surface area contributed by atoms with Gasteiger partial charge in [0, 0.05) is 0 Å². The Bertz CT molecular complexity index is 564. The Labute approximate surface area is 99.5 Å². The maximum atomic E-state index is 13.3. The van der Waals surface area contributed by atoms with Gasteiger partial charge in [-0.3, -0.25) is 4.79 Å². The molecule has 94 valence electrons. The summed E-state index contributed by atoms with van der Waals surface area (Å²) in [4.78, 5) is 10.9. The smallest absolute Gasteiger partial charge is 0.238 e. The number of hydrogen-bond donors (Lipinski definition) is 1. The van der Waals surface area contributed by atoms with Crippen molar-refractivity contribution in [2.75, 3.05) is 0 Å². The molecule has 0 spiro atoms. The van der Waals surface area contributed by atoms with Crippen LogP contribution in [0.1, 0.15) is 19.4 Å². The van der Waals surface area contributed by atoms with Gasteiger partial charge in [0.25, 0.3) is 0 Å². The first-order valence-electron chi connectivity index (χ1n) is 4.91. The van der Waals surface area contributed by atoms with Gasteiger partial charge in [-0.2, -0.15) is 0 Å². The summed E-state index contributed by atoms with van der Waals surface area (Å²) < 4.78 is 35.7. The van der Waals surface area contributed by atoms with Crippen LogP contribution in [-0.2, 0) is 14.6 Å². The van der Waals surface area contributed by atoms with Crippen LogP contribution in [-0.4, -0.2) is 19.1 Å². The van der Waals surface area contributed by atoms with E-state index in [1.165, 1.54) is 32.9 Å². The minimum absolute atomic E-state index is 0.246. The molecule has 0 heterocycles. The highest BCUT2D eigenvalue weighted by Gasteiger charge is 2.41. The molecule has 0 aliphatic rings. The van der Waals surface area contributed by atoms with Crippen molar-refractivity contribution in [3.63, 3.8) is 0 Å². The zero-order valence-corrected chi connectivity index (χ0v) is 10.6. The van der Waals surface area contributed by atoms with Crippen LogP contribution in [0.5, 0.6) is 0 Å². The zero-order valence-electron chi connectivity index (χ0n) is 9.82. The molecule has 1 aromatic carbocycles. The second-order valence-electron chi connectivity index (χ2n) is 4.29. The SMILES string of the molecule is Cc1ccc(S(=O)(=O)C(C)(C)C(N)=O)cc1F. The zero-order chi connectivity index (χ0) is 13.4. The molecular formula is C11H14FNO3S. The Morgan fingerprint density at radius 1 is 1.35 bits per heavy atom. The number of halogens is 1. The van der Waals surface area contributed by atoms with Crippen molar-refractivity contribution >= 4 is 15.7 Å². The maximum absolute atomic E-state index is 13.3. The molecule has 4 nitrogen and oxygen atoms in total. The molecule has 0 atom stereocenters. The lowest BCUT2D eigenvalue weighted by atomic mass is 10.2. The minimum Gasteiger partial charge on any atom is -0.368 e. The number of primary amides is 1. The van der Waals surface area contributed by atoms with Crippen molar-refractivity contribution in [3.05, 3.63) is 29.6 Å². The molecule has 0 unspecified atom stereocenters. The number of sulfone groups is 1.